The van der Waals surface area contributed by atoms with Gasteiger partial charge in [0.2, 0.25) is 5.58 Å². The van der Waals surface area contributed by atoms with Crippen molar-refractivity contribution < 1.29 is 9.34 Å². The van der Waals surface area contributed by atoms with E-state index in [0.717, 1.165) is 6.26 Å². The van der Waals surface area contributed by atoms with Gasteiger partial charge in [-0.2, -0.15) is 0 Å². The lowest BCUT2D eigenvalue weighted by Crippen LogP contribution is -2.02. The highest BCUT2D eigenvalue weighted by Gasteiger charge is 2.19. The normalized spacial score (nSPS) is 10.4. The first-order valence-electron chi connectivity index (χ1n) is 4.05. The molecule has 2 aromatic rings. The first-order chi connectivity index (χ1) is 7.11. The third-order valence-electron chi connectivity index (χ3n) is 2.02. The lowest BCUT2D eigenvalue weighted by molar-refractivity contribution is -0.382. The van der Waals surface area contributed by atoms with Gasteiger partial charge in [-0.25, -0.2) is 0 Å². The predicted octanol–water partition coefficient (Wildman–Crippen LogP) is 1.28. The number of nitrogens with zero attached hydrogens (tertiary/aromatic N) is 1. The van der Waals surface area contributed by atoms with Gasteiger partial charge >= 0.3 is 5.69 Å². The molecular formula is C9H6N2O4. The molecule has 0 unspecified atom stereocenters. The van der Waals surface area contributed by atoms with Crippen LogP contribution in [0.3, 0.4) is 0 Å². The summed E-state index contributed by atoms with van der Waals surface area (Å²) in [4.78, 5) is 21.4. The molecule has 6 heteroatoms. The molecule has 0 atom stereocenters. The fraction of sp³-hybridized carbons (Fsp3) is 0. The molecule has 6 nitrogen and oxygen atoms in total. The Morgan fingerprint density at radius 3 is 2.73 bits per heavy atom. The molecular weight excluding hydrogens is 200 g/mol. The molecule has 1 aromatic heterocycles. The van der Waals surface area contributed by atoms with Crippen molar-refractivity contribution in [3.05, 3.63) is 44.8 Å². The molecule has 0 saturated heterocycles. The maximum Gasteiger partial charge on any atom is 0.334 e. The van der Waals surface area contributed by atoms with Crippen LogP contribution in [0.1, 0.15) is 0 Å². The van der Waals surface area contributed by atoms with Crippen molar-refractivity contribution >= 4 is 22.3 Å². The molecule has 0 aliphatic heterocycles. The third kappa shape index (κ3) is 1.32. The standard InChI is InChI=1S/C9H6N2O4/c10-6-2-1-5-7(12)3-4-15-9(5)8(6)11(13)14/h1-4H,10H2. The summed E-state index contributed by atoms with van der Waals surface area (Å²) in [5, 5.41) is 10.9. The van der Waals surface area contributed by atoms with Crippen molar-refractivity contribution in [2.45, 2.75) is 0 Å². The van der Waals surface area contributed by atoms with Gasteiger partial charge in [-0.1, -0.05) is 0 Å². The maximum absolute atomic E-state index is 11.3. The van der Waals surface area contributed by atoms with E-state index in [0.29, 0.717) is 0 Å². The molecule has 76 valence electrons. The van der Waals surface area contributed by atoms with Crippen LogP contribution in [0.2, 0.25) is 0 Å². The van der Waals surface area contributed by atoms with Crippen LogP contribution >= 0.6 is 0 Å². The summed E-state index contributed by atoms with van der Waals surface area (Å²) >= 11 is 0. The van der Waals surface area contributed by atoms with E-state index in [1.165, 1.54) is 18.2 Å². The van der Waals surface area contributed by atoms with E-state index in [2.05, 4.69) is 0 Å². The van der Waals surface area contributed by atoms with Gasteiger partial charge in [0.05, 0.1) is 16.6 Å². The molecule has 0 saturated carbocycles. The Morgan fingerprint density at radius 1 is 1.33 bits per heavy atom. The van der Waals surface area contributed by atoms with Crippen molar-refractivity contribution in [3.8, 4) is 0 Å². The quantitative estimate of drug-likeness (QED) is 0.430. The number of fused-ring (bicyclic) bond motifs is 1. The summed E-state index contributed by atoms with van der Waals surface area (Å²) in [6, 6.07) is 3.92. The highest BCUT2D eigenvalue weighted by Crippen LogP contribution is 2.29. The van der Waals surface area contributed by atoms with Crippen molar-refractivity contribution in [3.63, 3.8) is 0 Å². The van der Waals surface area contributed by atoms with Crippen LogP contribution in [0.25, 0.3) is 11.0 Å². The van der Waals surface area contributed by atoms with Crippen LogP contribution in [0.5, 0.6) is 0 Å². The Balaban J connectivity index is 3.01. The molecule has 1 aromatic carbocycles. The zero-order chi connectivity index (χ0) is 11.0. The summed E-state index contributed by atoms with van der Waals surface area (Å²) in [6.45, 7) is 0. The SMILES string of the molecule is Nc1ccc2c(=O)ccoc2c1[N+](=O)[O-]. The van der Waals surface area contributed by atoms with E-state index >= 15 is 0 Å². The summed E-state index contributed by atoms with van der Waals surface area (Å²) in [5.41, 5.74) is 4.61. The van der Waals surface area contributed by atoms with Gasteiger partial charge in [0.25, 0.3) is 0 Å². The van der Waals surface area contributed by atoms with Crippen molar-refractivity contribution in [2.24, 2.45) is 0 Å². The fourth-order valence-electron chi connectivity index (χ4n) is 1.34. The maximum atomic E-state index is 11.3. The average molecular weight is 206 g/mol. The molecule has 0 amide bonds. The minimum atomic E-state index is -0.666. The van der Waals surface area contributed by atoms with Crippen molar-refractivity contribution in [1.29, 1.82) is 0 Å². The van der Waals surface area contributed by atoms with Gasteiger partial charge < -0.3 is 10.2 Å². The second kappa shape index (κ2) is 3.09. The lowest BCUT2D eigenvalue weighted by Gasteiger charge is -1.99. The van der Waals surface area contributed by atoms with Gasteiger partial charge in [-0.3, -0.25) is 14.9 Å². The van der Waals surface area contributed by atoms with E-state index in [9.17, 15) is 14.9 Å². The Hall–Kier alpha value is -2.37. The number of benzene rings is 1. The summed E-state index contributed by atoms with van der Waals surface area (Å²) in [6.07, 6.45) is 1.11. The molecule has 0 aliphatic carbocycles. The number of nitro groups is 1. The van der Waals surface area contributed by atoms with Gasteiger partial charge in [0, 0.05) is 6.07 Å². The summed E-state index contributed by atoms with van der Waals surface area (Å²) < 4.78 is 4.94. The molecule has 0 radical (unpaired) electrons. The van der Waals surface area contributed by atoms with Crippen molar-refractivity contribution in [2.75, 3.05) is 5.73 Å². The number of rotatable bonds is 1. The molecule has 0 aliphatic rings. The Morgan fingerprint density at radius 2 is 2.07 bits per heavy atom. The Kier molecular flexibility index (Phi) is 1.89. The van der Waals surface area contributed by atoms with Gasteiger partial charge in [0.1, 0.15) is 5.69 Å². The van der Waals surface area contributed by atoms with E-state index in [4.69, 9.17) is 10.2 Å². The fourth-order valence-corrected chi connectivity index (χ4v) is 1.34. The highest BCUT2D eigenvalue weighted by molar-refractivity contribution is 5.90. The van der Waals surface area contributed by atoms with Crippen LogP contribution in [0.4, 0.5) is 11.4 Å². The first kappa shape index (κ1) is 9.20. The monoisotopic (exact) mass is 206 g/mol. The Bertz CT molecular complexity index is 603. The van der Waals surface area contributed by atoms with E-state index < -0.39 is 4.92 Å². The van der Waals surface area contributed by atoms with Crippen LogP contribution in [0, 0.1) is 10.1 Å². The molecule has 2 rings (SSSR count). The second-order valence-corrected chi connectivity index (χ2v) is 2.92. The van der Waals surface area contributed by atoms with Gasteiger partial charge in [-0.05, 0) is 12.1 Å². The average Bonchev–Trinajstić information content (AvgIpc) is 2.17. The van der Waals surface area contributed by atoms with Gasteiger partial charge in [0.15, 0.2) is 5.43 Å². The number of hydrogen-bond acceptors (Lipinski definition) is 5. The van der Waals surface area contributed by atoms with E-state index in [1.54, 1.807) is 0 Å². The zero-order valence-corrected chi connectivity index (χ0v) is 7.47. The number of nitro benzene ring substituents is 1. The number of nitrogen functional groups attached to an aromatic ring is 1. The topological polar surface area (TPSA) is 99.4 Å². The second-order valence-electron chi connectivity index (χ2n) is 2.92. The van der Waals surface area contributed by atoms with Crippen molar-refractivity contribution in [1.82, 2.24) is 0 Å². The predicted molar refractivity (Wildman–Crippen MR) is 53.6 cm³/mol. The zero-order valence-electron chi connectivity index (χ0n) is 7.47. The molecule has 0 fully saturated rings. The van der Waals surface area contributed by atoms with Crippen LogP contribution in [-0.4, -0.2) is 4.92 Å². The smallest absolute Gasteiger partial charge is 0.334 e. The molecule has 1 heterocycles. The number of anilines is 1. The molecule has 0 spiro atoms. The van der Waals surface area contributed by atoms with E-state index in [1.807, 2.05) is 0 Å². The van der Waals surface area contributed by atoms with Crippen LogP contribution in [-0.2, 0) is 0 Å². The minimum absolute atomic E-state index is 0.0261. The minimum Gasteiger partial charge on any atom is -0.457 e. The van der Waals surface area contributed by atoms with E-state index in [-0.39, 0.29) is 27.8 Å². The summed E-state index contributed by atoms with van der Waals surface area (Å²) in [5.74, 6) is 0. The Labute approximate surface area is 83.1 Å². The highest BCUT2D eigenvalue weighted by atomic mass is 16.6. The number of nitrogens with two attached hydrogens (primary N) is 1. The lowest BCUT2D eigenvalue weighted by atomic mass is 10.2. The number of hydrogen-bond donors (Lipinski definition) is 1. The molecule has 15 heavy (non-hydrogen) atoms. The largest absolute Gasteiger partial charge is 0.457 e. The third-order valence-corrected chi connectivity index (χ3v) is 2.02. The van der Waals surface area contributed by atoms with Crippen LogP contribution < -0.4 is 11.2 Å². The molecule has 0 bridgehead atoms. The first-order valence-corrected chi connectivity index (χ1v) is 4.05. The summed E-state index contributed by atoms with van der Waals surface area (Å²) in [7, 11) is 0. The van der Waals surface area contributed by atoms with Gasteiger partial charge in [-0.15, -0.1) is 0 Å². The molecule has 2 N–H and O–H groups in total. The van der Waals surface area contributed by atoms with Crippen LogP contribution in [0.15, 0.2) is 33.7 Å².